The standard InChI is InChI=1S/C25H27N3O3S/c1-17-21(24(30)27-25(26-17)32-16-18-7-4-3-5-8-18)11-13-23(29)28-14-6-9-19-15-20(31-2)10-12-22(19)28/h3-5,7-8,10,12,15H,6,9,11,13-14,16H2,1-2H3,(H,26,27,30). The molecule has 0 saturated carbocycles. The van der Waals surface area contributed by atoms with E-state index in [1.165, 1.54) is 17.3 Å². The van der Waals surface area contributed by atoms with Gasteiger partial charge in [-0.15, -0.1) is 0 Å². The first-order valence-corrected chi connectivity index (χ1v) is 11.8. The van der Waals surface area contributed by atoms with Crippen LogP contribution in [0, 0.1) is 6.92 Å². The van der Waals surface area contributed by atoms with Gasteiger partial charge in [-0.2, -0.15) is 0 Å². The highest BCUT2D eigenvalue weighted by atomic mass is 32.2. The molecule has 0 bridgehead atoms. The van der Waals surface area contributed by atoms with Crippen LogP contribution in [-0.4, -0.2) is 29.5 Å². The van der Waals surface area contributed by atoms with Gasteiger partial charge in [0.05, 0.1) is 7.11 Å². The Kier molecular flexibility index (Phi) is 6.95. The number of amides is 1. The molecule has 0 aliphatic carbocycles. The number of ether oxygens (including phenoxy) is 1. The van der Waals surface area contributed by atoms with E-state index in [4.69, 9.17) is 4.74 Å². The number of anilines is 1. The molecule has 6 nitrogen and oxygen atoms in total. The average Bonchev–Trinajstić information content (AvgIpc) is 2.82. The Labute approximate surface area is 192 Å². The number of hydrogen-bond donors (Lipinski definition) is 1. The quantitative estimate of drug-likeness (QED) is 0.430. The molecule has 1 N–H and O–H groups in total. The van der Waals surface area contributed by atoms with Gasteiger partial charge in [-0.3, -0.25) is 9.59 Å². The van der Waals surface area contributed by atoms with Crippen molar-refractivity contribution in [3.8, 4) is 5.75 Å². The summed E-state index contributed by atoms with van der Waals surface area (Å²) in [6.07, 6.45) is 2.49. The molecule has 0 atom stereocenters. The van der Waals surface area contributed by atoms with E-state index in [2.05, 4.69) is 9.97 Å². The summed E-state index contributed by atoms with van der Waals surface area (Å²) in [4.78, 5) is 34.9. The summed E-state index contributed by atoms with van der Waals surface area (Å²) in [5.41, 5.74) is 4.34. The summed E-state index contributed by atoms with van der Waals surface area (Å²) in [5, 5.41) is 0.602. The molecule has 0 radical (unpaired) electrons. The average molecular weight is 450 g/mol. The summed E-state index contributed by atoms with van der Waals surface area (Å²) in [7, 11) is 1.65. The van der Waals surface area contributed by atoms with Gasteiger partial charge in [-0.25, -0.2) is 4.98 Å². The van der Waals surface area contributed by atoms with Crippen LogP contribution in [0.5, 0.6) is 5.75 Å². The third-order valence-corrected chi connectivity index (χ3v) is 6.66. The van der Waals surface area contributed by atoms with E-state index in [-0.39, 0.29) is 17.9 Å². The molecule has 166 valence electrons. The Morgan fingerprint density at radius 3 is 2.78 bits per heavy atom. The van der Waals surface area contributed by atoms with E-state index in [0.29, 0.717) is 29.4 Å². The third kappa shape index (κ3) is 5.05. The maximum Gasteiger partial charge on any atom is 0.254 e. The van der Waals surface area contributed by atoms with Crippen LogP contribution in [0.15, 0.2) is 58.5 Å². The Morgan fingerprint density at radius 2 is 2.03 bits per heavy atom. The van der Waals surface area contributed by atoms with Crippen LogP contribution in [-0.2, 0) is 23.4 Å². The minimum absolute atomic E-state index is 0.0254. The van der Waals surface area contributed by atoms with Gasteiger partial charge >= 0.3 is 0 Å². The monoisotopic (exact) mass is 449 g/mol. The molecular weight excluding hydrogens is 422 g/mol. The predicted octanol–water partition coefficient (Wildman–Crippen LogP) is 4.29. The van der Waals surface area contributed by atoms with Gasteiger partial charge in [0.25, 0.3) is 5.56 Å². The summed E-state index contributed by atoms with van der Waals surface area (Å²) in [6, 6.07) is 15.9. The first kappa shape index (κ1) is 22.1. The maximum atomic E-state index is 13.0. The lowest BCUT2D eigenvalue weighted by atomic mass is 10.0. The highest BCUT2D eigenvalue weighted by molar-refractivity contribution is 7.98. The Morgan fingerprint density at radius 1 is 1.22 bits per heavy atom. The lowest BCUT2D eigenvalue weighted by Crippen LogP contribution is -2.36. The number of aromatic nitrogens is 2. The van der Waals surface area contributed by atoms with Crippen LogP contribution in [0.25, 0.3) is 0 Å². The zero-order valence-corrected chi connectivity index (χ0v) is 19.2. The highest BCUT2D eigenvalue weighted by Crippen LogP contribution is 2.31. The van der Waals surface area contributed by atoms with E-state index in [1.54, 1.807) is 7.11 Å². The number of H-pyrrole nitrogens is 1. The molecule has 1 aliphatic heterocycles. The molecule has 3 aromatic rings. The molecule has 0 spiro atoms. The first-order valence-electron chi connectivity index (χ1n) is 10.8. The number of aryl methyl sites for hydroxylation is 2. The predicted molar refractivity (Wildman–Crippen MR) is 128 cm³/mol. The van der Waals surface area contributed by atoms with Gasteiger partial charge in [-0.1, -0.05) is 42.1 Å². The topological polar surface area (TPSA) is 75.3 Å². The number of carbonyl (C=O) groups excluding carboxylic acids is 1. The largest absolute Gasteiger partial charge is 0.497 e. The molecule has 0 saturated heterocycles. The lowest BCUT2D eigenvalue weighted by molar-refractivity contribution is -0.118. The molecule has 2 heterocycles. The van der Waals surface area contributed by atoms with Crippen molar-refractivity contribution in [1.29, 1.82) is 0 Å². The summed E-state index contributed by atoms with van der Waals surface area (Å²) in [5.74, 6) is 1.56. The number of aromatic amines is 1. The number of benzene rings is 2. The van der Waals surface area contributed by atoms with Crippen molar-refractivity contribution >= 4 is 23.4 Å². The SMILES string of the molecule is COc1ccc2c(c1)CCCN2C(=O)CCc1c(C)nc(SCc2ccccc2)[nH]c1=O. The van der Waals surface area contributed by atoms with Gasteiger partial charge in [0.15, 0.2) is 5.16 Å². The second-order valence-electron chi connectivity index (χ2n) is 7.85. The Bertz CT molecular complexity index is 1160. The van der Waals surface area contributed by atoms with Gasteiger partial charge < -0.3 is 14.6 Å². The molecule has 1 aliphatic rings. The number of methoxy groups -OCH3 is 1. The molecule has 32 heavy (non-hydrogen) atoms. The minimum Gasteiger partial charge on any atom is -0.497 e. The number of fused-ring (bicyclic) bond motifs is 1. The van der Waals surface area contributed by atoms with Crippen LogP contribution in [0.1, 0.15) is 35.2 Å². The van der Waals surface area contributed by atoms with Crippen LogP contribution in [0.2, 0.25) is 0 Å². The first-order chi connectivity index (χ1) is 15.5. The molecule has 0 fully saturated rings. The number of nitrogens with one attached hydrogen (secondary N) is 1. The van der Waals surface area contributed by atoms with Gasteiger partial charge in [-0.05, 0) is 55.5 Å². The smallest absolute Gasteiger partial charge is 0.254 e. The second kappa shape index (κ2) is 10.0. The van der Waals surface area contributed by atoms with E-state index in [1.807, 2.05) is 60.4 Å². The molecule has 4 rings (SSSR count). The van der Waals surface area contributed by atoms with Crippen LogP contribution in [0.3, 0.4) is 0 Å². The minimum atomic E-state index is -0.162. The van der Waals surface area contributed by atoms with Gasteiger partial charge in [0.1, 0.15) is 5.75 Å². The molecular formula is C25H27N3O3S. The van der Waals surface area contributed by atoms with Crippen molar-refractivity contribution < 1.29 is 9.53 Å². The fourth-order valence-electron chi connectivity index (χ4n) is 4.00. The maximum absolute atomic E-state index is 13.0. The molecule has 1 aromatic heterocycles. The summed E-state index contributed by atoms with van der Waals surface area (Å²) < 4.78 is 5.31. The van der Waals surface area contributed by atoms with Crippen molar-refractivity contribution in [3.63, 3.8) is 0 Å². The number of nitrogens with zero attached hydrogens (tertiary/aromatic N) is 2. The molecule has 2 aromatic carbocycles. The third-order valence-electron chi connectivity index (χ3n) is 5.71. The highest BCUT2D eigenvalue weighted by Gasteiger charge is 2.23. The van der Waals surface area contributed by atoms with Crippen molar-refractivity contribution in [2.45, 2.75) is 43.5 Å². The molecule has 0 unspecified atom stereocenters. The zero-order valence-electron chi connectivity index (χ0n) is 18.4. The van der Waals surface area contributed by atoms with E-state index >= 15 is 0 Å². The Hall–Kier alpha value is -3.06. The van der Waals surface area contributed by atoms with E-state index in [0.717, 1.165) is 35.6 Å². The van der Waals surface area contributed by atoms with Gasteiger partial charge in [0.2, 0.25) is 5.91 Å². The summed E-state index contributed by atoms with van der Waals surface area (Å²) in [6.45, 7) is 2.53. The van der Waals surface area contributed by atoms with Crippen molar-refractivity contribution in [2.24, 2.45) is 0 Å². The lowest BCUT2D eigenvalue weighted by Gasteiger charge is -2.30. The van der Waals surface area contributed by atoms with Crippen LogP contribution in [0.4, 0.5) is 5.69 Å². The normalized spacial score (nSPS) is 13.0. The fourth-order valence-corrected chi connectivity index (χ4v) is 4.86. The fraction of sp³-hybridized carbons (Fsp3) is 0.320. The van der Waals surface area contributed by atoms with Crippen molar-refractivity contribution in [3.05, 3.63) is 81.3 Å². The molecule has 1 amide bonds. The number of carbonyl (C=O) groups is 1. The van der Waals surface area contributed by atoms with Crippen molar-refractivity contribution in [2.75, 3.05) is 18.6 Å². The van der Waals surface area contributed by atoms with E-state index in [9.17, 15) is 9.59 Å². The second-order valence-corrected chi connectivity index (χ2v) is 8.82. The van der Waals surface area contributed by atoms with Gasteiger partial charge in [0, 0.05) is 35.7 Å². The van der Waals surface area contributed by atoms with Crippen LogP contribution < -0.4 is 15.2 Å². The number of hydrogen-bond acceptors (Lipinski definition) is 5. The molecule has 7 heteroatoms. The van der Waals surface area contributed by atoms with E-state index < -0.39 is 0 Å². The summed E-state index contributed by atoms with van der Waals surface area (Å²) >= 11 is 1.50. The zero-order chi connectivity index (χ0) is 22.5. The number of thioether (sulfide) groups is 1. The number of rotatable bonds is 7. The van der Waals surface area contributed by atoms with Crippen LogP contribution >= 0.6 is 11.8 Å². The Balaban J connectivity index is 1.42. The van der Waals surface area contributed by atoms with Crippen molar-refractivity contribution in [1.82, 2.24) is 9.97 Å².